The zero-order valence-electron chi connectivity index (χ0n) is 18.8. The third-order valence-corrected chi connectivity index (χ3v) is 5.48. The lowest BCUT2D eigenvalue weighted by Gasteiger charge is -2.11. The summed E-state index contributed by atoms with van der Waals surface area (Å²) in [7, 11) is 7.68. The predicted octanol–water partition coefficient (Wildman–Crippen LogP) is 5.64. The van der Waals surface area contributed by atoms with Crippen molar-refractivity contribution in [1.29, 1.82) is 0 Å². The first-order valence-electron chi connectivity index (χ1n) is 10.6. The molecule has 0 aliphatic heterocycles. The summed E-state index contributed by atoms with van der Waals surface area (Å²) >= 11 is 0. The molecule has 0 saturated heterocycles. The highest BCUT2D eigenvalue weighted by atomic mass is 14.9. The van der Waals surface area contributed by atoms with Gasteiger partial charge in [0, 0.05) is 74.5 Å². The van der Waals surface area contributed by atoms with E-state index in [0.717, 1.165) is 56.4 Å². The van der Waals surface area contributed by atoms with E-state index in [1.807, 2.05) is 52.7 Å². The van der Waals surface area contributed by atoms with Crippen molar-refractivity contribution in [2.24, 2.45) is 0 Å². The van der Waals surface area contributed by atoms with Gasteiger partial charge in [-0.15, -0.1) is 0 Å². The van der Waals surface area contributed by atoms with Gasteiger partial charge >= 0.3 is 0 Å². The smallest absolute Gasteiger partial charge is 0.0886 e. The highest BCUT2D eigenvalue weighted by molar-refractivity contribution is 5.76. The zero-order valence-corrected chi connectivity index (χ0v) is 18.8. The molecule has 0 aliphatic rings. The minimum atomic E-state index is 0.846. The molecule has 0 unspecified atom stereocenters. The van der Waals surface area contributed by atoms with E-state index in [4.69, 9.17) is 0 Å². The third-order valence-electron chi connectivity index (χ3n) is 5.48. The monoisotopic (exact) mass is 424 g/mol. The number of nitrogens with zero attached hydrogens (tertiary/aromatic N) is 2. The van der Waals surface area contributed by atoms with Crippen molar-refractivity contribution in [3.63, 3.8) is 0 Å². The van der Waals surface area contributed by atoms with Crippen molar-refractivity contribution in [3.8, 4) is 33.6 Å². The summed E-state index contributed by atoms with van der Waals surface area (Å²) in [4.78, 5) is 9.34. The summed E-state index contributed by atoms with van der Waals surface area (Å²) in [6, 6.07) is 20.8. The van der Waals surface area contributed by atoms with Gasteiger partial charge in [-0.25, -0.2) is 0 Å². The summed E-state index contributed by atoms with van der Waals surface area (Å²) in [5.74, 6) is 0. The topological polar surface area (TPSA) is 73.9 Å². The maximum absolute atomic E-state index is 4.67. The fourth-order valence-electron chi connectivity index (χ4n) is 3.60. The van der Waals surface area contributed by atoms with Gasteiger partial charge in [-0.05, 0) is 59.7 Å². The Morgan fingerprint density at radius 2 is 0.781 bits per heavy atom. The maximum atomic E-state index is 4.67. The van der Waals surface area contributed by atoms with Crippen LogP contribution in [-0.2, 0) is 0 Å². The molecule has 0 aliphatic carbocycles. The van der Waals surface area contributed by atoms with Crippen molar-refractivity contribution in [1.82, 2.24) is 9.97 Å². The van der Waals surface area contributed by atoms with Gasteiger partial charge in [0.05, 0.1) is 11.4 Å². The second-order valence-corrected chi connectivity index (χ2v) is 7.46. The largest absolute Gasteiger partial charge is 0.388 e. The molecule has 6 nitrogen and oxygen atoms in total. The molecule has 0 atom stereocenters. The van der Waals surface area contributed by atoms with Gasteiger partial charge in [-0.2, -0.15) is 0 Å². The Morgan fingerprint density at radius 3 is 1.03 bits per heavy atom. The van der Waals surface area contributed by atoms with E-state index < -0.39 is 0 Å². The first-order chi connectivity index (χ1) is 15.6. The van der Waals surface area contributed by atoms with E-state index in [2.05, 4.69) is 79.8 Å². The Morgan fingerprint density at radius 1 is 0.438 bits per heavy atom. The van der Waals surface area contributed by atoms with Crippen LogP contribution in [0, 0.1) is 0 Å². The van der Waals surface area contributed by atoms with E-state index in [1.54, 1.807) is 0 Å². The lowest BCUT2D eigenvalue weighted by molar-refractivity contribution is 1.25. The minimum absolute atomic E-state index is 0.846. The lowest BCUT2D eigenvalue weighted by atomic mass is 10.0. The Balaban J connectivity index is 1.59. The van der Waals surface area contributed by atoms with Crippen LogP contribution in [-0.4, -0.2) is 38.2 Å². The fraction of sp³-hybridized carbons (Fsp3) is 0.154. The van der Waals surface area contributed by atoms with Crippen LogP contribution < -0.4 is 21.3 Å². The third kappa shape index (κ3) is 4.49. The Hall–Kier alpha value is -4.06. The molecule has 6 heteroatoms. The van der Waals surface area contributed by atoms with Crippen LogP contribution in [0.15, 0.2) is 73.1 Å². The van der Waals surface area contributed by atoms with Gasteiger partial charge in [0.2, 0.25) is 0 Å². The molecular formula is C26H28N6. The number of aromatic nitrogens is 2. The Kier molecular flexibility index (Phi) is 6.22. The number of hydrogen-bond acceptors (Lipinski definition) is 6. The summed E-state index contributed by atoms with van der Waals surface area (Å²) in [5, 5.41) is 12.8. The van der Waals surface area contributed by atoms with E-state index in [-0.39, 0.29) is 0 Å². The molecule has 0 bridgehead atoms. The highest BCUT2D eigenvalue weighted by Crippen LogP contribution is 2.30. The SMILES string of the molecule is CNc1cc(NC)cc(-c2ccc(-c3ccc(-c4cc(NC)cc(NC)c4)cn3)nc2)c1. The average molecular weight is 425 g/mol. The Bertz CT molecular complexity index is 1060. The van der Waals surface area contributed by atoms with E-state index in [1.165, 1.54) is 0 Å². The molecule has 0 fully saturated rings. The summed E-state index contributed by atoms with van der Waals surface area (Å²) in [6.07, 6.45) is 3.80. The van der Waals surface area contributed by atoms with Gasteiger partial charge in [0.25, 0.3) is 0 Å². The number of anilines is 4. The molecule has 4 N–H and O–H groups in total. The first-order valence-corrected chi connectivity index (χ1v) is 10.6. The number of rotatable bonds is 7. The van der Waals surface area contributed by atoms with E-state index >= 15 is 0 Å². The zero-order chi connectivity index (χ0) is 22.5. The normalized spacial score (nSPS) is 10.5. The van der Waals surface area contributed by atoms with Crippen LogP contribution in [0.25, 0.3) is 33.6 Å². The molecule has 2 aromatic heterocycles. The lowest BCUT2D eigenvalue weighted by Crippen LogP contribution is -1.95. The van der Waals surface area contributed by atoms with Crippen LogP contribution >= 0.6 is 0 Å². The van der Waals surface area contributed by atoms with Gasteiger partial charge < -0.3 is 21.3 Å². The summed E-state index contributed by atoms with van der Waals surface area (Å²) in [6.45, 7) is 0. The van der Waals surface area contributed by atoms with E-state index in [0.29, 0.717) is 0 Å². The molecule has 162 valence electrons. The first kappa shape index (κ1) is 21.2. The maximum Gasteiger partial charge on any atom is 0.0886 e. The number of pyridine rings is 2. The molecule has 0 saturated carbocycles. The van der Waals surface area contributed by atoms with Crippen molar-refractivity contribution >= 4 is 22.7 Å². The highest BCUT2D eigenvalue weighted by Gasteiger charge is 2.07. The summed E-state index contributed by atoms with van der Waals surface area (Å²) in [5.41, 5.74) is 10.2. The van der Waals surface area contributed by atoms with Crippen LogP contribution in [0.5, 0.6) is 0 Å². The summed E-state index contributed by atoms with van der Waals surface area (Å²) < 4.78 is 0. The van der Waals surface area contributed by atoms with Crippen LogP contribution in [0.2, 0.25) is 0 Å². The van der Waals surface area contributed by atoms with Crippen molar-refractivity contribution in [2.45, 2.75) is 0 Å². The Labute approximate surface area is 189 Å². The van der Waals surface area contributed by atoms with Crippen molar-refractivity contribution in [2.75, 3.05) is 49.5 Å². The quantitative estimate of drug-likeness (QED) is 0.307. The second-order valence-electron chi connectivity index (χ2n) is 7.46. The second kappa shape index (κ2) is 9.39. The van der Waals surface area contributed by atoms with Crippen LogP contribution in [0.4, 0.5) is 22.7 Å². The van der Waals surface area contributed by atoms with Crippen LogP contribution in [0.3, 0.4) is 0 Å². The van der Waals surface area contributed by atoms with Gasteiger partial charge in [-0.3, -0.25) is 9.97 Å². The van der Waals surface area contributed by atoms with Gasteiger partial charge in [-0.1, -0.05) is 12.1 Å². The molecule has 0 spiro atoms. The molecule has 0 radical (unpaired) electrons. The molecular weight excluding hydrogens is 396 g/mol. The predicted molar refractivity (Wildman–Crippen MR) is 137 cm³/mol. The number of hydrogen-bond donors (Lipinski definition) is 4. The molecule has 2 heterocycles. The molecule has 2 aromatic carbocycles. The standard InChI is InChI=1S/C26H28N6/c1-27-21-9-19(10-22(13-21)28-2)17-5-7-25(31-15-17)26-8-6-18(16-32-26)20-11-23(29-3)14-24(12-20)30-4/h5-16,27-30H,1-4H3. The van der Waals surface area contributed by atoms with Crippen molar-refractivity contribution in [3.05, 3.63) is 73.1 Å². The molecule has 32 heavy (non-hydrogen) atoms. The van der Waals surface area contributed by atoms with E-state index in [9.17, 15) is 0 Å². The number of nitrogens with one attached hydrogen (secondary N) is 4. The average Bonchev–Trinajstić information content (AvgIpc) is 2.88. The molecule has 4 rings (SSSR count). The van der Waals surface area contributed by atoms with Gasteiger partial charge in [0.1, 0.15) is 0 Å². The fourth-order valence-corrected chi connectivity index (χ4v) is 3.60. The van der Waals surface area contributed by atoms with Crippen LogP contribution in [0.1, 0.15) is 0 Å². The number of benzene rings is 2. The van der Waals surface area contributed by atoms with Gasteiger partial charge in [0.15, 0.2) is 0 Å². The van der Waals surface area contributed by atoms with Crippen molar-refractivity contribution < 1.29 is 0 Å². The molecule has 4 aromatic rings. The molecule has 0 amide bonds. The minimum Gasteiger partial charge on any atom is -0.388 e.